The lowest BCUT2D eigenvalue weighted by Gasteiger charge is -2.38. The number of fused-ring (bicyclic) bond motifs is 1. The molecule has 4 heteroatoms. The van der Waals surface area contributed by atoms with E-state index >= 15 is 0 Å². The van der Waals surface area contributed by atoms with Gasteiger partial charge < -0.3 is 10.5 Å². The number of anilines is 1. The topological polar surface area (TPSA) is 61.0 Å². The maximum Gasteiger partial charge on any atom is 0.162 e. The highest BCUT2D eigenvalue weighted by molar-refractivity contribution is 5.44. The molecule has 110 valence electrons. The molecule has 0 aliphatic heterocycles. The Morgan fingerprint density at radius 3 is 2.75 bits per heavy atom. The van der Waals surface area contributed by atoms with E-state index in [9.17, 15) is 0 Å². The molecule has 0 spiro atoms. The summed E-state index contributed by atoms with van der Waals surface area (Å²) >= 11 is 0. The van der Waals surface area contributed by atoms with Gasteiger partial charge in [-0.1, -0.05) is 13.3 Å². The van der Waals surface area contributed by atoms with Crippen LogP contribution >= 0.6 is 0 Å². The number of methoxy groups -OCH3 is 1. The van der Waals surface area contributed by atoms with E-state index in [1.807, 2.05) is 0 Å². The van der Waals surface area contributed by atoms with Gasteiger partial charge in [-0.05, 0) is 50.9 Å². The van der Waals surface area contributed by atoms with Crippen LogP contribution in [-0.2, 0) is 23.2 Å². The summed E-state index contributed by atoms with van der Waals surface area (Å²) in [4.78, 5) is 9.49. The molecular weight excluding hydrogens is 250 g/mol. The van der Waals surface area contributed by atoms with Crippen molar-refractivity contribution in [3.8, 4) is 0 Å². The van der Waals surface area contributed by atoms with Crippen molar-refractivity contribution in [3.63, 3.8) is 0 Å². The van der Waals surface area contributed by atoms with Gasteiger partial charge in [0.1, 0.15) is 11.4 Å². The van der Waals surface area contributed by atoms with Gasteiger partial charge in [-0.3, -0.25) is 0 Å². The van der Waals surface area contributed by atoms with Gasteiger partial charge in [0.05, 0.1) is 0 Å². The molecule has 2 aliphatic carbocycles. The van der Waals surface area contributed by atoms with Crippen molar-refractivity contribution < 1.29 is 4.74 Å². The third-order valence-electron chi connectivity index (χ3n) is 4.97. The van der Waals surface area contributed by atoms with Gasteiger partial charge in [0.15, 0.2) is 5.82 Å². The summed E-state index contributed by atoms with van der Waals surface area (Å²) in [5.74, 6) is 2.16. The Labute approximate surface area is 121 Å². The number of rotatable bonds is 2. The lowest BCUT2D eigenvalue weighted by molar-refractivity contribution is -0.0647. The van der Waals surface area contributed by atoms with Gasteiger partial charge >= 0.3 is 0 Å². The minimum atomic E-state index is -0.321. The number of hydrogen-bond donors (Lipinski definition) is 1. The van der Waals surface area contributed by atoms with Crippen LogP contribution in [0.3, 0.4) is 0 Å². The Morgan fingerprint density at radius 1 is 1.20 bits per heavy atom. The molecule has 1 saturated carbocycles. The summed E-state index contributed by atoms with van der Waals surface area (Å²) in [6.07, 6.45) is 8.92. The molecule has 2 aliphatic rings. The van der Waals surface area contributed by atoms with E-state index in [1.165, 1.54) is 31.2 Å². The van der Waals surface area contributed by atoms with Crippen LogP contribution in [0.15, 0.2) is 0 Å². The van der Waals surface area contributed by atoms with Crippen LogP contribution in [0.2, 0.25) is 0 Å². The number of ether oxygens (including phenoxy) is 1. The number of nitrogens with zero attached hydrogens (tertiary/aromatic N) is 2. The molecule has 4 nitrogen and oxygen atoms in total. The summed E-state index contributed by atoms with van der Waals surface area (Å²) in [5, 5.41) is 0. The van der Waals surface area contributed by atoms with Crippen molar-refractivity contribution in [2.45, 2.75) is 63.9 Å². The van der Waals surface area contributed by atoms with E-state index < -0.39 is 0 Å². The maximum absolute atomic E-state index is 6.19. The van der Waals surface area contributed by atoms with Crippen molar-refractivity contribution >= 4 is 5.82 Å². The van der Waals surface area contributed by atoms with E-state index in [4.69, 9.17) is 15.5 Å². The number of aromatic nitrogens is 2. The van der Waals surface area contributed by atoms with Gasteiger partial charge in [0.25, 0.3) is 0 Å². The Balaban J connectivity index is 2.01. The molecule has 20 heavy (non-hydrogen) atoms. The van der Waals surface area contributed by atoms with Gasteiger partial charge in [-0.25, -0.2) is 9.97 Å². The molecule has 0 radical (unpaired) electrons. The Morgan fingerprint density at radius 2 is 2.00 bits per heavy atom. The molecule has 0 aromatic carbocycles. The fourth-order valence-corrected chi connectivity index (χ4v) is 3.81. The lowest BCUT2D eigenvalue weighted by atomic mass is 9.78. The van der Waals surface area contributed by atoms with Crippen molar-refractivity contribution in [3.05, 3.63) is 17.1 Å². The van der Waals surface area contributed by atoms with Crippen LogP contribution in [-0.4, -0.2) is 17.1 Å². The zero-order valence-electron chi connectivity index (χ0n) is 12.6. The maximum atomic E-state index is 6.19. The second-order valence-corrected chi connectivity index (χ2v) is 6.46. The van der Waals surface area contributed by atoms with Crippen molar-refractivity contribution in [2.75, 3.05) is 12.8 Å². The molecular formula is C16H25N3O. The molecule has 2 unspecified atom stereocenters. The number of nitrogens with two attached hydrogens (primary N) is 1. The number of hydrogen-bond acceptors (Lipinski definition) is 4. The Bertz CT molecular complexity index is 503. The van der Waals surface area contributed by atoms with Crippen LogP contribution in [0.5, 0.6) is 0 Å². The highest BCUT2D eigenvalue weighted by Gasteiger charge is 2.40. The zero-order chi connectivity index (χ0) is 14.2. The fraction of sp³-hybridized carbons (Fsp3) is 0.750. The largest absolute Gasteiger partial charge is 0.383 e. The van der Waals surface area contributed by atoms with E-state index in [1.54, 1.807) is 7.11 Å². The van der Waals surface area contributed by atoms with E-state index in [0.717, 1.165) is 37.2 Å². The van der Waals surface area contributed by atoms with Gasteiger partial charge in [-0.15, -0.1) is 0 Å². The first-order valence-corrected chi connectivity index (χ1v) is 7.85. The minimum absolute atomic E-state index is 0.321. The lowest BCUT2D eigenvalue weighted by Crippen LogP contribution is -2.37. The average molecular weight is 275 g/mol. The monoisotopic (exact) mass is 275 g/mol. The molecule has 0 saturated heterocycles. The molecule has 0 amide bonds. The fourth-order valence-electron chi connectivity index (χ4n) is 3.81. The second kappa shape index (κ2) is 5.32. The smallest absolute Gasteiger partial charge is 0.162 e. The number of aryl methyl sites for hydroxylation is 1. The van der Waals surface area contributed by atoms with E-state index in [-0.39, 0.29) is 5.60 Å². The first kappa shape index (κ1) is 13.8. The Hall–Kier alpha value is -1.16. The SMILES string of the molecule is COC1(c2nc(N)c3c(n2)CCCC3)CCCC(C)C1. The predicted octanol–water partition coefficient (Wildman–Crippen LogP) is 2.99. The summed E-state index contributed by atoms with van der Waals surface area (Å²) in [6.45, 7) is 2.29. The van der Waals surface area contributed by atoms with E-state index in [2.05, 4.69) is 11.9 Å². The first-order chi connectivity index (χ1) is 9.64. The predicted molar refractivity (Wildman–Crippen MR) is 79.4 cm³/mol. The average Bonchev–Trinajstić information content (AvgIpc) is 2.47. The molecule has 2 atom stereocenters. The standard InChI is InChI=1S/C16H25N3O/c1-11-6-5-9-16(10-11,20-2)15-18-13-8-4-3-7-12(13)14(17)19-15/h11H,3-10H2,1-2H3,(H2,17,18,19). The Kier molecular flexibility index (Phi) is 3.67. The van der Waals surface area contributed by atoms with Crippen molar-refractivity contribution in [1.29, 1.82) is 0 Å². The molecule has 1 heterocycles. The molecule has 3 rings (SSSR count). The van der Waals surface area contributed by atoms with Crippen LogP contribution < -0.4 is 5.73 Å². The summed E-state index contributed by atoms with van der Waals surface area (Å²) < 4.78 is 5.90. The normalized spacial score (nSPS) is 30.0. The minimum Gasteiger partial charge on any atom is -0.383 e. The molecule has 2 N–H and O–H groups in total. The van der Waals surface area contributed by atoms with Crippen molar-refractivity contribution in [2.24, 2.45) is 5.92 Å². The van der Waals surface area contributed by atoms with Crippen molar-refractivity contribution in [1.82, 2.24) is 9.97 Å². The van der Waals surface area contributed by atoms with Crippen LogP contribution in [0, 0.1) is 5.92 Å². The molecule has 1 aromatic heterocycles. The van der Waals surface area contributed by atoms with Crippen LogP contribution in [0.25, 0.3) is 0 Å². The first-order valence-electron chi connectivity index (χ1n) is 7.85. The quantitative estimate of drug-likeness (QED) is 0.901. The van der Waals surface area contributed by atoms with Crippen LogP contribution in [0.1, 0.15) is 62.5 Å². The van der Waals surface area contributed by atoms with Gasteiger partial charge in [0.2, 0.25) is 0 Å². The van der Waals surface area contributed by atoms with Crippen LogP contribution in [0.4, 0.5) is 5.82 Å². The highest BCUT2D eigenvalue weighted by atomic mass is 16.5. The summed E-state index contributed by atoms with van der Waals surface area (Å²) in [5.41, 5.74) is 8.21. The summed E-state index contributed by atoms with van der Waals surface area (Å²) in [7, 11) is 1.79. The zero-order valence-corrected chi connectivity index (χ0v) is 12.6. The second-order valence-electron chi connectivity index (χ2n) is 6.46. The van der Waals surface area contributed by atoms with E-state index in [0.29, 0.717) is 11.7 Å². The number of nitrogen functional groups attached to an aromatic ring is 1. The molecule has 1 aromatic rings. The highest BCUT2D eigenvalue weighted by Crippen LogP contribution is 2.42. The third kappa shape index (κ3) is 2.30. The molecule has 0 bridgehead atoms. The molecule has 1 fully saturated rings. The van der Waals surface area contributed by atoms with Gasteiger partial charge in [0, 0.05) is 18.4 Å². The summed E-state index contributed by atoms with van der Waals surface area (Å²) in [6, 6.07) is 0. The van der Waals surface area contributed by atoms with Gasteiger partial charge in [-0.2, -0.15) is 0 Å². The third-order valence-corrected chi connectivity index (χ3v) is 4.97.